The van der Waals surface area contributed by atoms with Crippen molar-refractivity contribution in [3.63, 3.8) is 0 Å². The summed E-state index contributed by atoms with van der Waals surface area (Å²) in [6.07, 6.45) is -4.48. The molecule has 0 spiro atoms. The number of aromatic nitrogens is 2. The second kappa shape index (κ2) is 4.74. The molecule has 0 aliphatic carbocycles. The molecule has 96 valence electrons. The molecule has 1 atom stereocenters. The standard InChI is InChI=1S/C9H13F3N4O/c1-5(8(17)14-13)4-16-6(2)3-7(15-16)9(10,11)12/h3,5H,4,13H2,1-2H3,(H,14,17)/t5-/m0/s1. The Morgan fingerprint density at radius 1 is 1.65 bits per heavy atom. The Kier molecular flexibility index (Phi) is 3.76. The Labute approximate surface area is 95.7 Å². The molecule has 1 amide bonds. The van der Waals surface area contributed by atoms with Crippen LogP contribution >= 0.6 is 0 Å². The fourth-order valence-corrected chi connectivity index (χ4v) is 1.32. The molecule has 0 radical (unpaired) electrons. The van der Waals surface area contributed by atoms with Gasteiger partial charge in [-0.25, -0.2) is 5.84 Å². The number of hydrazine groups is 1. The van der Waals surface area contributed by atoms with Crippen molar-refractivity contribution in [1.29, 1.82) is 0 Å². The Morgan fingerprint density at radius 2 is 2.24 bits per heavy atom. The average molecular weight is 250 g/mol. The van der Waals surface area contributed by atoms with Gasteiger partial charge in [0.1, 0.15) is 0 Å². The molecule has 5 nitrogen and oxygen atoms in total. The van der Waals surface area contributed by atoms with Crippen LogP contribution in [0.5, 0.6) is 0 Å². The molecule has 1 aromatic heterocycles. The van der Waals surface area contributed by atoms with Crippen molar-refractivity contribution >= 4 is 5.91 Å². The molecular formula is C9H13F3N4O. The van der Waals surface area contributed by atoms with E-state index in [9.17, 15) is 18.0 Å². The molecule has 0 unspecified atom stereocenters. The first-order chi connectivity index (χ1) is 7.75. The molecule has 1 aromatic rings. The van der Waals surface area contributed by atoms with Crippen molar-refractivity contribution in [3.8, 4) is 0 Å². The van der Waals surface area contributed by atoms with E-state index >= 15 is 0 Å². The maximum absolute atomic E-state index is 12.4. The van der Waals surface area contributed by atoms with Crippen LogP contribution in [-0.2, 0) is 17.5 Å². The molecule has 0 aliphatic rings. The number of nitrogens with two attached hydrogens (primary N) is 1. The summed E-state index contributed by atoms with van der Waals surface area (Å²) in [4.78, 5) is 11.1. The van der Waals surface area contributed by atoms with E-state index in [1.807, 2.05) is 5.43 Å². The summed E-state index contributed by atoms with van der Waals surface area (Å²) < 4.78 is 38.2. The van der Waals surface area contributed by atoms with E-state index in [0.29, 0.717) is 5.69 Å². The highest BCUT2D eigenvalue weighted by molar-refractivity contribution is 5.77. The molecule has 0 aliphatic heterocycles. The second-order valence-electron chi connectivity index (χ2n) is 3.76. The summed E-state index contributed by atoms with van der Waals surface area (Å²) in [6.45, 7) is 3.09. The average Bonchev–Trinajstić information content (AvgIpc) is 2.58. The van der Waals surface area contributed by atoms with Gasteiger partial charge in [-0.05, 0) is 13.0 Å². The number of carbonyl (C=O) groups excluding carboxylic acids is 1. The molecule has 0 fully saturated rings. The van der Waals surface area contributed by atoms with Gasteiger partial charge in [-0.15, -0.1) is 0 Å². The SMILES string of the molecule is Cc1cc(C(F)(F)F)nn1C[C@H](C)C(=O)NN. The van der Waals surface area contributed by atoms with Crippen molar-refractivity contribution in [2.75, 3.05) is 0 Å². The molecule has 8 heteroatoms. The van der Waals surface area contributed by atoms with E-state index in [4.69, 9.17) is 5.84 Å². The van der Waals surface area contributed by atoms with Gasteiger partial charge in [0, 0.05) is 5.69 Å². The van der Waals surface area contributed by atoms with E-state index in [2.05, 4.69) is 5.10 Å². The Hall–Kier alpha value is -1.57. The van der Waals surface area contributed by atoms with E-state index in [1.54, 1.807) is 6.92 Å². The third-order valence-corrected chi connectivity index (χ3v) is 2.31. The van der Waals surface area contributed by atoms with Gasteiger partial charge in [-0.3, -0.25) is 14.9 Å². The number of carbonyl (C=O) groups is 1. The molecule has 0 saturated heterocycles. The maximum Gasteiger partial charge on any atom is 0.435 e. The summed E-state index contributed by atoms with van der Waals surface area (Å²) in [5, 5.41) is 3.41. The second-order valence-corrected chi connectivity index (χ2v) is 3.76. The molecule has 17 heavy (non-hydrogen) atoms. The van der Waals surface area contributed by atoms with Crippen LogP contribution in [-0.4, -0.2) is 15.7 Å². The zero-order valence-corrected chi connectivity index (χ0v) is 9.38. The quantitative estimate of drug-likeness (QED) is 0.474. The number of hydrogen-bond donors (Lipinski definition) is 2. The van der Waals surface area contributed by atoms with E-state index in [1.165, 1.54) is 6.92 Å². The van der Waals surface area contributed by atoms with E-state index in [-0.39, 0.29) is 6.54 Å². The van der Waals surface area contributed by atoms with Crippen molar-refractivity contribution < 1.29 is 18.0 Å². The fraction of sp³-hybridized carbons (Fsp3) is 0.556. The summed E-state index contributed by atoms with van der Waals surface area (Å²) in [6, 6.07) is 0.938. The van der Waals surface area contributed by atoms with Gasteiger partial charge in [0.15, 0.2) is 5.69 Å². The first kappa shape index (κ1) is 13.5. The molecule has 0 bridgehead atoms. The Morgan fingerprint density at radius 3 is 2.65 bits per heavy atom. The van der Waals surface area contributed by atoms with Crippen molar-refractivity contribution in [2.45, 2.75) is 26.6 Å². The molecular weight excluding hydrogens is 237 g/mol. The predicted octanol–water partition coefficient (Wildman–Crippen LogP) is 0.836. The van der Waals surface area contributed by atoms with Gasteiger partial charge in [0.25, 0.3) is 0 Å². The Bertz CT molecular complexity index is 413. The van der Waals surface area contributed by atoms with Crippen LogP contribution in [0, 0.1) is 12.8 Å². The molecule has 0 aromatic carbocycles. The predicted molar refractivity (Wildman–Crippen MR) is 53.5 cm³/mol. The van der Waals surface area contributed by atoms with Gasteiger partial charge >= 0.3 is 6.18 Å². The Balaban J connectivity index is 2.86. The summed E-state index contributed by atoms with van der Waals surface area (Å²) in [5.41, 5.74) is 1.32. The summed E-state index contributed by atoms with van der Waals surface area (Å²) >= 11 is 0. The van der Waals surface area contributed by atoms with Crippen LogP contribution < -0.4 is 11.3 Å². The highest BCUT2D eigenvalue weighted by Gasteiger charge is 2.34. The topological polar surface area (TPSA) is 72.9 Å². The van der Waals surface area contributed by atoms with Crippen LogP contribution in [0.25, 0.3) is 0 Å². The third kappa shape index (κ3) is 3.19. The minimum Gasteiger partial charge on any atom is -0.294 e. The lowest BCUT2D eigenvalue weighted by molar-refractivity contribution is -0.141. The van der Waals surface area contributed by atoms with E-state index in [0.717, 1.165) is 10.7 Å². The van der Waals surface area contributed by atoms with Gasteiger partial charge in [0.2, 0.25) is 5.91 Å². The number of hydrogen-bond acceptors (Lipinski definition) is 3. The molecule has 1 rings (SSSR count). The summed E-state index contributed by atoms with van der Waals surface area (Å²) in [5.74, 6) is 3.92. The first-order valence-electron chi connectivity index (χ1n) is 4.87. The number of halogens is 3. The lowest BCUT2D eigenvalue weighted by Gasteiger charge is -2.11. The molecule has 0 saturated carbocycles. The van der Waals surface area contributed by atoms with Crippen molar-refractivity contribution in [2.24, 2.45) is 11.8 Å². The molecule has 3 N–H and O–H groups in total. The van der Waals surface area contributed by atoms with Crippen LogP contribution in [0.15, 0.2) is 6.07 Å². The minimum absolute atomic E-state index is 0.0466. The highest BCUT2D eigenvalue weighted by atomic mass is 19.4. The van der Waals surface area contributed by atoms with Crippen LogP contribution in [0.4, 0.5) is 13.2 Å². The smallest absolute Gasteiger partial charge is 0.294 e. The number of nitrogens with one attached hydrogen (secondary N) is 1. The van der Waals surface area contributed by atoms with Crippen molar-refractivity contribution in [1.82, 2.24) is 15.2 Å². The van der Waals surface area contributed by atoms with E-state index < -0.39 is 23.7 Å². The molecule has 1 heterocycles. The number of aryl methyl sites for hydroxylation is 1. The number of alkyl halides is 3. The third-order valence-electron chi connectivity index (χ3n) is 2.31. The number of rotatable bonds is 3. The van der Waals surface area contributed by atoms with Crippen LogP contribution in [0.3, 0.4) is 0 Å². The first-order valence-corrected chi connectivity index (χ1v) is 4.87. The summed E-state index contributed by atoms with van der Waals surface area (Å²) in [7, 11) is 0. The number of nitrogens with zero attached hydrogens (tertiary/aromatic N) is 2. The highest BCUT2D eigenvalue weighted by Crippen LogP contribution is 2.28. The van der Waals surface area contributed by atoms with Gasteiger partial charge < -0.3 is 0 Å². The zero-order chi connectivity index (χ0) is 13.2. The largest absolute Gasteiger partial charge is 0.435 e. The lowest BCUT2D eigenvalue weighted by Crippen LogP contribution is -2.36. The van der Waals surface area contributed by atoms with Crippen LogP contribution in [0.1, 0.15) is 18.3 Å². The van der Waals surface area contributed by atoms with Crippen LogP contribution in [0.2, 0.25) is 0 Å². The van der Waals surface area contributed by atoms with Gasteiger partial charge in [-0.1, -0.05) is 6.92 Å². The fourth-order valence-electron chi connectivity index (χ4n) is 1.32. The van der Waals surface area contributed by atoms with Crippen molar-refractivity contribution in [3.05, 3.63) is 17.5 Å². The van der Waals surface area contributed by atoms with Gasteiger partial charge in [-0.2, -0.15) is 18.3 Å². The van der Waals surface area contributed by atoms with Gasteiger partial charge in [0.05, 0.1) is 12.5 Å². The number of amides is 1. The zero-order valence-electron chi connectivity index (χ0n) is 9.38. The lowest BCUT2D eigenvalue weighted by atomic mass is 10.2. The normalized spacial score (nSPS) is 13.5. The minimum atomic E-state index is -4.48. The maximum atomic E-state index is 12.4. The monoisotopic (exact) mass is 250 g/mol.